The Morgan fingerprint density at radius 1 is 1.05 bits per heavy atom. The van der Waals surface area contributed by atoms with E-state index in [4.69, 9.17) is 14.6 Å². The number of amides is 1. The molecule has 1 N–H and O–H groups in total. The van der Waals surface area contributed by atoms with E-state index in [2.05, 4.69) is 31.1 Å². The first kappa shape index (κ1) is 33.3. The monoisotopic (exact) mass is 587 g/mol. The van der Waals surface area contributed by atoms with Gasteiger partial charge in [0.05, 0.1) is 16.6 Å². The third kappa shape index (κ3) is 8.01. The number of nitrogens with one attached hydrogen (secondary N) is 1. The second-order valence-corrected chi connectivity index (χ2v) is 14.6. The van der Waals surface area contributed by atoms with Crippen LogP contribution in [0, 0.1) is 18.2 Å². The summed E-state index contributed by atoms with van der Waals surface area (Å²) in [6, 6.07) is 3.29. The molecular formula is C32H50FN5O4. The fourth-order valence-corrected chi connectivity index (χ4v) is 5.47. The van der Waals surface area contributed by atoms with Crippen molar-refractivity contribution in [2.75, 3.05) is 11.9 Å². The summed E-state index contributed by atoms with van der Waals surface area (Å²) in [6.45, 7) is 23.2. The number of carbonyl (C=O) groups is 2. The Labute approximate surface area is 250 Å². The Morgan fingerprint density at radius 2 is 1.67 bits per heavy atom. The van der Waals surface area contributed by atoms with Gasteiger partial charge in [-0.3, -0.25) is 9.48 Å². The molecule has 0 aromatic carbocycles. The van der Waals surface area contributed by atoms with Crippen molar-refractivity contribution in [2.45, 2.75) is 132 Å². The highest BCUT2D eigenvalue weighted by atomic mass is 19.1. The van der Waals surface area contributed by atoms with E-state index in [0.717, 1.165) is 5.69 Å². The molecule has 0 unspecified atom stereocenters. The number of halogens is 1. The lowest BCUT2D eigenvalue weighted by Crippen LogP contribution is -2.54. The van der Waals surface area contributed by atoms with Crippen molar-refractivity contribution in [1.82, 2.24) is 19.7 Å². The van der Waals surface area contributed by atoms with Gasteiger partial charge in [0, 0.05) is 30.8 Å². The molecule has 234 valence electrons. The summed E-state index contributed by atoms with van der Waals surface area (Å²) in [6.07, 6.45) is 0.644. The number of piperidine rings is 1. The summed E-state index contributed by atoms with van der Waals surface area (Å²) in [7, 11) is 0. The summed E-state index contributed by atoms with van der Waals surface area (Å²) in [4.78, 5) is 33.1. The van der Waals surface area contributed by atoms with E-state index in [9.17, 15) is 9.59 Å². The van der Waals surface area contributed by atoms with E-state index in [1.165, 1.54) is 0 Å². The van der Waals surface area contributed by atoms with Crippen molar-refractivity contribution >= 4 is 23.7 Å². The van der Waals surface area contributed by atoms with Gasteiger partial charge in [0.25, 0.3) is 0 Å². The van der Waals surface area contributed by atoms with Crippen LogP contribution in [0.2, 0.25) is 0 Å². The molecule has 3 rings (SSSR count). The maximum Gasteiger partial charge on any atom is 0.410 e. The maximum absolute atomic E-state index is 15.9. The minimum Gasteiger partial charge on any atom is -0.460 e. The Balaban J connectivity index is 1.99. The number of hydrogen-bond donors (Lipinski definition) is 1. The van der Waals surface area contributed by atoms with Crippen LogP contribution in [0.3, 0.4) is 0 Å². The maximum atomic E-state index is 15.9. The number of anilines is 2. The SMILES string of the molecule is CCc1cc(Nc2cc(C)n(C(C)(C)C)n2)nc(C[C@@]2(C(=O)OC(C)(C)C)CCN(C(=O)OC(C)(C)C)[C@H](C)C2)c1F. The van der Waals surface area contributed by atoms with E-state index in [1.54, 1.807) is 11.0 Å². The molecule has 0 aliphatic carbocycles. The lowest BCUT2D eigenvalue weighted by Gasteiger charge is -2.44. The van der Waals surface area contributed by atoms with Crippen LogP contribution < -0.4 is 5.32 Å². The summed E-state index contributed by atoms with van der Waals surface area (Å²) in [5.41, 5.74) is -0.992. The number of aryl methyl sites for hydroxylation is 2. The minimum absolute atomic E-state index is 0.0399. The summed E-state index contributed by atoms with van der Waals surface area (Å²) in [5.74, 6) is 0.225. The van der Waals surface area contributed by atoms with Gasteiger partial charge in [-0.1, -0.05) is 6.92 Å². The molecule has 1 aliphatic heterocycles. The zero-order valence-corrected chi connectivity index (χ0v) is 27.6. The molecule has 1 saturated heterocycles. The predicted octanol–water partition coefficient (Wildman–Crippen LogP) is 7.08. The van der Waals surface area contributed by atoms with Crippen LogP contribution >= 0.6 is 0 Å². The smallest absolute Gasteiger partial charge is 0.410 e. The van der Waals surface area contributed by atoms with Crippen molar-refractivity contribution in [2.24, 2.45) is 5.41 Å². The molecule has 0 bridgehead atoms. The van der Waals surface area contributed by atoms with Crippen molar-refractivity contribution in [3.05, 3.63) is 34.9 Å². The number of nitrogens with zero attached hydrogens (tertiary/aromatic N) is 4. The molecule has 1 aliphatic rings. The second kappa shape index (κ2) is 11.8. The quantitative estimate of drug-likeness (QED) is 0.361. The third-order valence-electron chi connectivity index (χ3n) is 7.28. The lowest BCUT2D eigenvalue weighted by atomic mass is 9.72. The Kier molecular flexibility index (Phi) is 9.40. The number of rotatable bonds is 6. The van der Waals surface area contributed by atoms with Crippen molar-refractivity contribution < 1.29 is 23.5 Å². The highest BCUT2D eigenvalue weighted by Gasteiger charge is 2.49. The molecule has 2 atom stereocenters. The zero-order chi connectivity index (χ0) is 31.8. The van der Waals surface area contributed by atoms with Gasteiger partial charge in [0.1, 0.15) is 22.8 Å². The summed E-state index contributed by atoms with van der Waals surface area (Å²) < 4.78 is 29.3. The first-order valence-corrected chi connectivity index (χ1v) is 14.9. The molecule has 0 radical (unpaired) electrons. The average molecular weight is 588 g/mol. The number of carbonyl (C=O) groups excluding carboxylic acids is 2. The topological polar surface area (TPSA) is 98.6 Å². The number of pyridine rings is 1. The minimum atomic E-state index is -1.08. The van der Waals surface area contributed by atoms with Gasteiger partial charge in [-0.25, -0.2) is 14.2 Å². The molecule has 2 aromatic heterocycles. The fraction of sp³-hybridized carbons (Fsp3) is 0.688. The van der Waals surface area contributed by atoms with Crippen LogP contribution in [0.5, 0.6) is 0 Å². The fourth-order valence-electron chi connectivity index (χ4n) is 5.47. The Morgan fingerprint density at radius 3 is 2.17 bits per heavy atom. The van der Waals surface area contributed by atoms with Crippen molar-refractivity contribution in [3.8, 4) is 0 Å². The van der Waals surface area contributed by atoms with E-state index in [0.29, 0.717) is 30.0 Å². The van der Waals surface area contributed by atoms with Crippen LogP contribution in [-0.2, 0) is 32.6 Å². The van der Waals surface area contributed by atoms with Gasteiger partial charge in [0.15, 0.2) is 5.82 Å². The predicted molar refractivity (Wildman–Crippen MR) is 162 cm³/mol. The van der Waals surface area contributed by atoms with Crippen LogP contribution in [-0.4, -0.2) is 55.5 Å². The molecular weight excluding hydrogens is 537 g/mol. The number of hydrogen-bond acceptors (Lipinski definition) is 7. The van der Waals surface area contributed by atoms with Crippen LogP contribution in [0.25, 0.3) is 0 Å². The van der Waals surface area contributed by atoms with Gasteiger partial charge in [0.2, 0.25) is 0 Å². The molecule has 0 spiro atoms. The summed E-state index contributed by atoms with van der Waals surface area (Å²) >= 11 is 0. The van der Waals surface area contributed by atoms with Crippen LogP contribution in [0.4, 0.5) is 20.8 Å². The zero-order valence-electron chi connectivity index (χ0n) is 27.6. The molecule has 9 nitrogen and oxygen atoms in total. The van der Waals surface area contributed by atoms with E-state index in [-0.39, 0.29) is 36.7 Å². The lowest BCUT2D eigenvalue weighted by molar-refractivity contribution is -0.172. The Hall–Kier alpha value is -3.17. The largest absolute Gasteiger partial charge is 0.460 e. The van der Waals surface area contributed by atoms with Crippen molar-refractivity contribution in [1.29, 1.82) is 0 Å². The number of likely N-dealkylation sites (tertiary alicyclic amines) is 1. The second-order valence-electron chi connectivity index (χ2n) is 14.6. The van der Waals surface area contributed by atoms with Gasteiger partial charge >= 0.3 is 12.1 Å². The standard InChI is InChI=1S/C32H50FN5O4/c1-13-22-17-24(35-25-16-20(2)38(36-25)29(4,5)6)34-23(26(22)33)19-32(27(39)41-30(7,8)9)14-15-37(21(3)18-32)28(40)42-31(10,11)12/h16-17,21H,13-15,18-19H2,1-12H3,(H,34,35,36)/t21-,32-/m1/s1. The van der Waals surface area contributed by atoms with Gasteiger partial charge in [-0.15, -0.1) is 0 Å². The van der Waals surface area contributed by atoms with Gasteiger partial charge in [-0.05, 0) is 107 Å². The van der Waals surface area contributed by atoms with Crippen LogP contribution in [0.1, 0.15) is 106 Å². The molecule has 1 fully saturated rings. The van der Waals surface area contributed by atoms with Gasteiger partial charge < -0.3 is 19.7 Å². The van der Waals surface area contributed by atoms with Crippen molar-refractivity contribution in [3.63, 3.8) is 0 Å². The van der Waals surface area contributed by atoms with E-state index >= 15 is 4.39 Å². The molecule has 1 amide bonds. The molecule has 10 heteroatoms. The molecule has 3 heterocycles. The highest BCUT2D eigenvalue weighted by molar-refractivity contribution is 5.79. The normalized spacial score (nSPS) is 19.9. The third-order valence-corrected chi connectivity index (χ3v) is 7.28. The Bertz CT molecular complexity index is 1300. The van der Waals surface area contributed by atoms with E-state index < -0.39 is 34.5 Å². The molecule has 2 aromatic rings. The number of esters is 1. The molecule has 0 saturated carbocycles. The average Bonchev–Trinajstić information content (AvgIpc) is 3.19. The first-order chi connectivity index (χ1) is 19.1. The highest BCUT2D eigenvalue weighted by Crippen LogP contribution is 2.41. The van der Waals surface area contributed by atoms with E-state index in [1.807, 2.05) is 73.1 Å². The first-order valence-electron chi connectivity index (χ1n) is 14.9. The number of ether oxygens (including phenoxy) is 2. The van der Waals surface area contributed by atoms with Crippen LogP contribution in [0.15, 0.2) is 12.1 Å². The summed E-state index contributed by atoms with van der Waals surface area (Å²) in [5, 5.41) is 7.94. The molecule has 42 heavy (non-hydrogen) atoms. The van der Waals surface area contributed by atoms with Gasteiger partial charge in [-0.2, -0.15) is 5.10 Å². The number of aromatic nitrogens is 3.